The summed E-state index contributed by atoms with van der Waals surface area (Å²) in [5.74, 6) is 0.867. The van der Waals surface area contributed by atoms with E-state index in [0.29, 0.717) is 13.2 Å². The molecule has 0 radical (unpaired) electrons. The smallest absolute Gasteiger partial charge is 0.151 e. The zero-order valence-corrected chi connectivity index (χ0v) is 18.4. The van der Waals surface area contributed by atoms with Gasteiger partial charge in [-0.2, -0.15) is 0 Å². The fourth-order valence-corrected chi connectivity index (χ4v) is 3.67. The van der Waals surface area contributed by atoms with Crippen LogP contribution in [0.15, 0.2) is 103 Å². The van der Waals surface area contributed by atoms with E-state index in [1.807, 2.05) is 67.7 Å². The van der Waals surface area contributed by atoms with Gasteiger partial charge < -0.3 is 14.8 Å². The Hall–Kier alpha value is -2.85. The molecular formula is C27H28ClNO2. The van der Waals surface area contributed by atoms with Crippen molar-refractivity contribution in [3.63, 3.8) is 0 Å². The molecule has 0 saturated carbocycles. The number of fused-ring (bicyclic) bond motifs is 1. The highest BCUT2D eigenvalue weighted by Crippen LogP contribution is 2.32. The van der Waals surface area contributed by atoms with Crippen molar-refractivity contribution < 1.29 is 9.47 Å². The molecule has 0 amide bonds. The summed E-state index contributed by atoms with van der Waals surface area (Å²) in [6.07, 6.45) is -0.398. The van der Waals surface area contributed by atoms with Gasteiger partial charge in [0.2, 0.25) is 0 Å². The summed E-state index contributed by atoms with van der Waals surface area (Å²) in [4.78, 5) is 0. The molecule has 0 saturated heterocycles. The Morgan fingerprint density at radius 1 is 0.742 bits per heavy atom. The largest absolute Gasteiger partial charge is 0.482 e. The lowest BCUT2D eigenvalue weighted by Crippen LogP contribution is -2.35. The monoisotopic (exact) mass is 433 g/mol. The molecule has 0 heterocycles. The molecular weight excluding hydrogens is 406 g/mol. The van der Waals surface area contributed by atoms with E-state index in [-0.39, 0.29) is 24.6 Å². The summed E-state index contributed by atoms with van der Waals surface area (Å²) in [5, 5.41) is 5.54. The molecule has 4 rings (SSSR count). The average Bonchev–Trinajstić information content (AvgIpc) is 2.82. The normalized spacial score (nSPS) is 12.7. The maximum atomic E-state index is 6.65. The number of benzene rings is 4. The van der Waals surface area contributed by atoms with Gasteiger partial charge in [-0.05, 0) is 29.6 Å². The SMILES string of the molecule is CNCC(OCc1ccccc1)C(Oc1cccc2ccccc12)c1ccccc1.Cl. The van der Waals surface area contributed by atoms with Crippen molar-refractivity contribution >= 4 is 23.2 Å². The first-order valence-electron chi connectivity index (χ1n) is 10.3. The van der Waals surface area contributed by atoms with Crippen molar-refractivity contribution in [2.24, 2.45) is 0 Å². The summed E-state index contributed by atoms with van der Waals surface area (Å²) in [6, 6.07) is 35.1. The molecule has 0 bridgehead atoms. The van der Waals surface area contributed by atoms with Gasteiger partial charge in [0.25, 0.3) is 0 Å². The molecule has 160 valence electrons. The van der Waals surface area contributed by atoms with Gasteiger partial charge in [0.1, 0.15) is 11.9 Å². The van der Waals surface area contributed by atoms with E-state index in [9.17, 15) is 0 Å². The third-order valence-electron chi connectivity index (χ3n) is 5.18. The minimum Gasteiger partial charge on any atom is -0.482 e. The number of hydrogen-bond donors (Lipinski definition) is 1. The first-order valence-corrected chi connectivity index (χ1v) is 10.3. The van der Waals surface area contributed by atoms with Crippen LogP contribution in [0.1, 0.15) is 17.2 Å². The summed E-state index contributed by atoms with van der Waals surface area (Å²) in [7, 11) is 1.94. The minimum atomic E-state index is -0.242. The van der Waals surface area contributed by atoms with Crippen LogP contribution < -0.4 is 10.1 Å². The molecule has 31 heavy (non-hydrogen) atoms. The van der Waals surface area contributed by atoms with Gasteiger partial charge in [-0.25, -0.2) is 0 Å². The van der Waals surface area contributed by atoms with Gasteiger partial charge >= 0.3 is 0 Å². The molecule has 0 aliphatic heterocycles. The lowest BCUT2D eigenvalue weighted by Gasteiger charge is -2.29. The minimum absolute atomic E-state index is 0. The van der Waals surface area contributed by atoms with E-state index in [1.54, 1.807) is 0 Å². The van der Waals surface area contributed by atoms with Crippen LogP contribution in [-0.2, 0) is 11.3 Å². The third-order valence-corrected chi connectivity index (χ3v) is 5.18. The zero-order valence-electron chi connectivity index (χ0n) is 17.6. The molecule has 2 unspecified atom stereocenters. The Morgan fingerprint density at radius 3 is 2.13 bits per heavy atom. The number of ether oxygens (including phenoxy) is 2. The van der Waals surface area contributed by atoms with Crippen molar-refractivity contribution in [1.82, 2.24) is 5.32 Å². The Bertz CT molecular complexity index is 1050. The highest BCUT2D eigenvalue weighted by molar-refractivity contribution is 5.88. The number of rotatable bonds is 9. The van der Waals surface area contributed by atoms with E-state index in [2.05, 4.69) is 47.8 Å². The van der Waals surface area contributed by atoms with Crippen molar-refractivity contribution in [2.45, 2.75) is 18.8 Å². The summed E-state index contributed by atoms with van der Waals surface area (Å²) >= 11 is 0. The van der Waals surface area contributed by atoms with Crippen LogP contribution in [0.4, 0.5) is 0 Å². The fraction of sp³-hybridized carbons (Fsp3) is 0.185. The molecule has 0 spiro atoms. The van der Waals surface area contributed by atoms with Crippen LogP contribution in [0.25, 0.3) is 10.8 Å². The molecule has 3 nitrogen and oxygen atoms in total. The molecule has 4 aromatic rings. The van der Waals surface area contributed by atoms with Gasteiger partial charge in [0, 0.05) is 11.9 Å². The topological polar surface area (TPSA) is 30.5 Å². The van der Waals surface area contributed by atoms with E-state index >= 15 is 0 Å². The summed E-state index contributed by atoms with van der Waals surface area (Å²) in [6.45, 7) is 1.21. The van der Waals surface area contributed by atoms with Crippen molar-refractivity contribution in [1.29, 1.82) is 0 Å². The van der Waals surface area contributed by atoms with Crippen LogP contribution in [0, 0.1) is 0 Å². The number of nitrogens with one attached hydrogen (secondary N) is 1. The van der Waals surface area contributed by atoms with Gasteiger partial charge in [-0.1, -0.05) is 97.1 Å². The molecule has 0 aliphatic rings. The predicted molar refractivity (Wildman–Crippen MR) is 130 cm³/mol. The van der Waals surface area contributed by atoms with Crippen molar-refractivity contribution in [2.75, 3.05) is 13.6 Å². The highest BCUT2D eigenvalue weighted by Gasteiger charge is 2.26. The Balaban J connectivity index is 0.00000272. The number of halogens is 1. The van der Waals surface area contributed by atoms with Crippen molar-refractivity contribution in [3.8, 4) is 5.75 Å². The van der Waals surface area contributed by atoms with E-state index < -0.39 is 0 Å². The second kappa shape index (κ2) is 11.5. The van der Waals surface area contributed by atoms with Crippen LogP contribution in [0.5, 0.6) is 5.75 Å². The lowest BCUT2D eigenvalue weighted by atomic mass is 10.0. The molecule has 2 atom stereocenters. The van der Waals surface area contributed by atoms with Crippen molar-refractivity contribution in [3.05, 3.63) is 114 Å². The van der Waals surface area contributed by atoms with Crippen LogP contribution in [0.3, 0.4) is 0 Å². The molecule has 0 aliphatic carbocycles. The number of likely N-dealkylation sites (N-methyl/N-ethyl adjacent to an activating group) is 1. The molecule has 0 aromatic heterocycles. The zero-order chi connectivity index (χ0) is 20.6. The summed E-state index contributed by atoms with van der Waals surface area (Å²) < 4.78 is 13.0. The Labute approximate surface area is 190 Å². The van der Waals surface area contributed by atoms with E-state index in [4.69, 9.17) is 9.47 Å². The third kappa shape index (κ3) is 5.86. The predicted octanol–water partition coefficient (Wildman–Crippen LogP) is 6.19. The first kappa shape index (κ1) is 22.8. The Morgan fingerprint density at radius 2 is 1.39 bits per heavy atom. The lowest BCUT2D eigenvalue weighted by molar-refractivity contribution is -0.0337. The van der Waals surface area contributed by atoms with Gasteiger partial charge in [0.05, 0.1) is 6.61 Å². The van der Waals surface area contributed by atoms with E-state index in [1.165, 1.54) is 0 Å². The second-order valence-corrected chi connectivity index (χ2v) is 7.32. The molecule has 4 heteroatoms. The molecule has 1 N–H and O–H groups in total. The van der Waals surface area contributed by atoms with Gasteiger partial charge in [-0.15, -0.1) is 12.4 Å². The first-order chi connectivity index (χ1) is 14.8. The van der Waals surface area contributed by atoms with Gasteiger partial charge in [0.15, 0.2) is 6.10 Å². The number of hydrogen-bond acceptors (Lipinski definition) is 3. The fourth-order valence-electron chi connectivity index (χ4n) is 3.67. The maximum absolute atomic E-state index is 6.65. The van der Waals surface area contributed by atoms with E-state index in [0.717, 1.165) is 27.6 Å². The van der Waals surface area contributed by atoms with Gasteiger partial charge in [-0.3, -0.25) is 0 Å². The second-order valence-electron chi connectivity index (χ2n) is 7.32. The molecule has 0 fully saturated rings. The van der Waals surface area contributed by atoms with Crippen LogP contribution in [0.2, 0.25) is 0 Å². The Kier molecular flexibility index (Phi) is 8.48. The summed E-state index contributed by atoms with van der Waals surface area (Å²) in [5.41, 5.74) is 2.24. The quantitative estimate of drug-likeness (QED) is 0.341. The highest BCUT2D eigenvalue weighted by atomic mass is 35.5. The maximum Gasteiger partial charge on any atom is 0.151 e. The van der Waals surface area contributed by atoms with Crippen LogP contribution >= 0.6 is 12.4 Å². The average molecular weight is 434 g/mol. The standard InChI is InChI=1S/C27H27NO2.ClH/c1-28-19-26(29-20-21-11-4-2-5-12-21)27(23-14-6-3-7-15-23)30-25-18-10-16-22-13-8-9-17-24(22)25;/h2-18,26-28H,19-20H2,1H3;1H. The van der Waals surface area contributed by atoms with Crippen LogP contribution in [-0.4, -0.2) is 19.7 Å². The molecule has 4 aromatic carbocycles.